The monoisotopic (exact) mass is 262 g/mol. The average molecular weight is 262 g/mol. The smallest absolute Gasteiger partial charge is 0.309 e. The van der Waals surface area contributed by atoms with Gasteiger partial charge in [-0.2, -0.15) is 0 Å². The molecule has 0 bridgehead atoms. The lowest BCUT2D eigenvalue weighted by atomic mass is 10.1. The standard InChI is InChI=1S/C15H22N2O2/c1-10-4-5-11(2)14(6-10)17-9-13(15(18)19)8-16-7-12(17)3/h4-6,12-13,16H,7-9H2,1-3H3,(H,18,19). The summed E-state index contributed by atoms with van der Waals surface area (Å²) < 4.78 is 0. The Morgan fingerprint density at radius 3 is 2.79 bits per heavy atom. The fraction of sp³-hybridized carbons (Fsp3) is 0.533. The second-order valence-electron chi connectivity index (χ2n) is 5.48. The number of carboxylic acid groups (broad SMARTS) is 1. The van der Waals surface area contributed by atoms with Crippen LogP contribution >= 0.6 is 0 Å². The summed E-state index contributed by atoms with van der Waals surface area (Å²) in [5.74, 6) is -1.08. The van der Waals surface area contributed by atoms with Gasteiger partial charge in [-0.25, -0.2) is 0 Å². The molecule has 0 aromatic heterocycles. The second kappa shape index (κ2) is 5.61. The van der Waals surface area contributed by atoms with E-state index in [2.05, 4.69) is 49.2 Å². The van der Waals surface area contributed by atoms with Crippen LogP contribution in [0.1, 0.15) is 18.1 Å². The Balaban J connectivity index is 2.33. The van der Waals surface area contributed by atoms with E-state index in [-0.39, 0.29) is 5.92 Å². The predicted octanol–water partition coefficient (Wildman–Crippen LogP) is 1.80. The molecule has 1 fully saturated rings. The molecular weight excluding hydrogens is 240 g/mol. The Hall–Kier alpha value is -1.55. The third kappa shape index (κ3) is 3.07. The van der Waals surface area contributed by atoms with Crippen molar-refractivity contribution in [3.8, 4) is 0 Å². The van der Waals surface area contributed by atoms with Gasteiger partial charge < -0.3 is 15.3 Å². The molecule has 1 aliphatic rings. The molecule has 1 aromatic carbocycles. The van der Waals surface area contributed by atoms with Crippen molar-refractivity contribution < 1.29 is 9.90 Å². The van der Waals surface area contributed by atoms with E-state index < -0.39 is 5.97 Å². The van der Waals surface area contributed by atoms with Gasteiger partial charge in [0.05, 0.1) is 5.92 Å². The van der Waals surface area contributed by atoms with E-state index in [0.717, 1.165) is 12.2 Å². The van der Waals surface area contributed by atoms with Crippen LogP contribution in [-0.4, -0.2) is 36.8 Å². The maximum atomic E-state index is 11.3. The van der Waals surface area contributed by atoms with E-state index in [9.17, 15) is 9.90 Å². The van der Waals surface area contributed by atoms with Crippen LogP contribution in [0.5, 0.6) is 0 Å². The summed E-state index contributed by atoms with van der Waals surface area (Å²) in [6.45, 7) is 8.21. The summed E-state index contributed by atoms with van der Waals surface area (Å²) in [6, 6.07) is 6.64. The number of anilines is 1. The van der Waals surface area contributed by atoms with E-state index in [1.54, 1.807) is 0 Å². The van der Waals surface area contributed by atoms with Crippen molar-refractivity contribution in [3.63, 3.8) is 0 Å². The van der Waals surface area contributed by atoms with Crippen LogP contribution in [0, 0.1) is 19.8 Å². The van der Waals surface area contributed by atoms with E-state index in [1.807, 2.05) is 0 Å². The van der Waals surface area contributed by atoms with Crippen LogP contribution in [0.3, 0.4) is 0 Å². The molecule has 1 aliphatic heterocycles. The van der Waals surface area contributed by atoms with E-state index >= 15 is 0 Å². The Kier molecular flexibility index (Phi) is 4.10. The lowest BCUT2D eigenvalue weighted by Crippen LogP contribution is -2.39. The number of carboxylic acids is 1. The van der Waals surface area contributed by atoms with Crippen LogP contribution < -0.4 is 10.2 Å². The van der Waals surface area contributed by atoms with Gasteiger partial charge in [0.2, 0.25) is 0 Å². The Labute approximate surface area is 114 Å². The molecule has 19 heavy (non-hydrogen) atoms. The van der Waals surface area contributed by atoms with E-state index in [0.29, 0.717) is 19.1 Å². The van der Waals surface area contributed by atoms with Crippen molar-refractivity contribution in [2.24, 2.45) is 5.92 Å². The highest BCUT2D eigenvalue weighted by Gasteiger charge is 2.28. The first-order valence-corrected chi connectivity index (χ1v) is 6.76. The first kappa shape index (κ1) is 13.9. The van der Waals surface area contributed by atoms with Gasteiger partial charge in [-0.05, 0) is 38.0 Å². The quantitative estimate of drug-likeness (QED) is 0.853. The summed E-state index contributed by atoms with van der Waals surface area (Å²) in [7, 11) is 0. The van der Waals surface area contributed by atoms with Gasteiger partial charge in [0, 0.05) is 31.4 Å². The zero-order chi connectivity index (χ0) is 14.0. The predicted molar refractivity (Wildman–Crippen MR) is 76.7 cm³/mol. The molecule has 1 saturated heterocycles. The topological polar surface area (TPSA) is 52.6 Å². The molecule has 1 heterocycles. The Morgan fingerprint density at radius 1 is 1.37 bits per heavy atom. The summed E-state index contributed by atoms with van der Waals surface area (Å²) in [6.07, 6.45) is 0. The molecule has 0 aliphatic carbocycles. The number of hydrogen-bond donors (Lipinski definition) is 2. The molecule has 1 aromatic rings. The third-order valence-corrected chi connectivity index (χ3v) is 3.80. The number of rotatable bonds is 2. The molecule has 0 radical (unpaired) electrons. The molecular formula is C15H22N2O2. The van der Waals surface area contributed by atoms with Crippen LogP contribution in [0.25, 0.3) is 0 Å². The molecule has 2 atom stereocenters. The molecule has 4 heteroatoms. The maximum Gasteiger partial charge on any atom is 0.309 e. The lowest BCUT2D eigenvalue weighted by molar-refractivity contribution is -0.141. The van der Waals surface area contributed by atoms with E-state index in [1.165, 1.54) is 11.1 Å². The van der Waals surface area contributed by atoms with Gasteiger partial charge in [-0.15, -0.1) is 0 Å². The summed E-state index contributed by atoms with van der Waals surface area (Å²) >= 11 is 0. The number of carbonyl (C=O) groups is 1. The fourth-order valence-corrected chi connectivity index (χ4v) is 2.59. The molecule has 0 saturated carbocycles. The molecule has 0 amide bonds. The highest BCUT2D eigenvalue weighted by Crippen LogP contribution is 2.25. The van der Waals surface area contributed by atoms with Crippen LogP contribution in [-0.2, 0) is 4.79 Å². The largest absolute Gasteiger partial charge is 0.481 e. The maximum absolute atomic E-state index is 11.3. The summed E-state index contributed by atoms with van der Waals surface area (Å²) in [5, 5.41) is 12.5. The third-order valence-electron chi connectivity index (χ3n) is 3.80. The first-order valence-electron chi connectivity index (χ1n) is 6.76. The van der Waals surface area contributed by atoms with Gasteiger partial charge in [-0.3, -0.25) is 4.79 Å². The zero-order valence-corrected chi connectivity index (χ0v) is 11.8. The summed E-state index contributed by atoms with van der Waals surface area (Å²) in [4.78, 5) is 13.5. The number of benzene rings is 1. The van der Waals surface area contributed by atoms with Gasteiger partial charge in [0.1, 0.15) is 0 Å². The molecule has 2 rings (SSSR count). The van der Waals surface area contributed by atoms with Crippen molar-refractivity contribution in [3.05, 3.63) is 29.3 Å². The molecule has 2 N–H and O–H groups in total. The molecule has 4 nitrogen and oxygen atoms in total. The average Bonchev–Trinajstić information content (AvgIpc) is 2.54. The number of aliphatic carboxylic acids is 1. The number of nitrogens with one attached hydrogen (secondary N) is 1. The van der Waals surface area contributed by atoms with Crippen LogP contribution in [0.2, 0.25) is 0 Å². The molecule has 2 unspecified atom stereocenters. The van der Waals surface area contributed by atoms with Crippen LogP contribution in [0.4, 0.5) is 5.69 Å². The highest BCUT2D eigenvalue weighted by atomic mass is 16.4. The van der Waals surface area contributed by atoms with Gasteiger partial charge in [0.15, 0.2) is 0 Å². The number of nitrogens with zero attached hydrogens (tertiary/aromatic N) is 1. The van der Waals surface area contributed by atoms with Crippen LogP contribution in [0.15, 0.2) is 18.2 Å². The minimum absolute atomic E-state index is 0.296. The molecule has 104 valence electrons. The van der Waals surface area contributed by atoms with Gasteiger partial charge >= 0.3 is 5.97 Å². The second-order valence-corrected chi connectivity index (χ2v) is 5.48. The normalized spacial score (nSPS) is 24.1. The Bertz CT molecular complexity index is 473. The van der Waals surface area contributed by atoms with Gasteiger partial charge in [0.25, 0.3) is 0 Å². The van der Waals surface area contributed by atoms with Crippen molar-refractivity contribution >= 4 is 11.7 Å². The first-order chi connectivity index (χ1) is 8.99. The highest BCUT2D eigenvalue weighted by molar-refractivity contribution is 5.72. The lowest BCUT2D eigenvalue weighted by Gasteiger charge is -2.32. The minimum atomic E-state index is -0.725. The van der Waals surface area contributed by atoms with Crippen molar-refractivity contribution in [1.29, 1.82) is 0 Å². The van der Waals surface area contributed by atoms with E-state index in [4.69, 9.17) is 0 Å². The van der Waals surface area contributed by atoms with Gasteiger partial charge in [-0.1, -0.05) is 12.1 Å². The van der Waals surface area contributed by atoms with Crippen molar-refractivity contribution in [2.75, 3.05) is 24.5 Å². The fourth-order valence-electron chi connectivity index (χ4n) is 2.59. The SMILES string of the molecule is Cc1ccc(C)c(N2CC(C(=O)O)CNCC2C)c1. The summed E-state index contributed by atoms with van der Waals surface area (Å²) in [5.41, 5.74) is 3.56. The molecule has 0 spiro atoms. The van der Waals surface area contributed by atoms with Crippen molar-refractivity contribution in [1.82, 2.24) is 5.32 Å². The Morgan fingerprint density at radius 2 is 2.11 bits per heavy atom. The minimum Gasteiger partial charge on any atom is -0.481 e. The number of aryl methyl sites for hydroxylation is 2. The van der Waals surface area contributed by atoms with Crippen molar-refractivity contribution in [2.45, 2.75) is 26.8 Å². The number of hydrogen-bond acceptors (Lipinski definition) is 3. The zero-order valence-electron chi connectivity index (χ0n) is 11.8.